The summed E-state index contributed by atoms with van der Waals surface area (Å²) in [6, 6.07) is 18.4. The van der Waals surface area contributed by atoms with Gasteiger partial charge in [0, 0.05) is 13.1 Å². The molecule has 0 unspecified atom stereocenters. The molecule has 2 aromatic heterocycles. The van der Waals surface area contributed by atoms with Crippen molar-refractivity contribution < 1.29 is 9.18 Å². The Labute approximate surface area is 174 Å². The number of amides is 1. The fraction of sp³-hybridized carbons (Fsp3) is 0.136. The molecule has 3 nitrogen and oxygen atoms in total. The zero-order valence-corrected chi connectivity index (χ0v) is 17.6. The van der Waals surface area contributed by atoms with Gasteiger partial charge in [-0.05, 0) is 58.2 Å². The molecule has 0 aliphatic heterocycles. The molecular weight excluding hydrogens is 439 g/mol. The van der Waals surface area contributed by atoms with E-state index in [0.29, 0.717) is 18.8 Å². The smallest absolute Gasteiger partial charge is 0.268 e. The topological polar surface area (TPSA) is 34.0 Å². The highest BCUT2D eigenvalue weighted by Crippen LogP contribution is 2.33. The molecule has 0 bridgehead atoms. The molecule has 0 spiro atoms. The molecule has 0 atom stereocenters. The van der Waals surface area contributed by atoms with E-state index in [1.54, 1.807) is 23.5 Å². The van der Waals surface area contributed by atoms with Crippen molar-refractivity contribution in [2.75, 3.05) is 0 Å². The van der Waals surface area contributed by atoms with Crippen LogP contribution in [-0.2, 0) is 13.1 Å². The number of thiophene rings is 1. The second-order valence-electron chi connectivity index (χ2n) is 6.71. The molecule has 0 radical (unpaired) electrons. The lowest BCUT2D eigenvalue weighted by atomic mass is 10.1. The van der Waals surface area contributed by atoms with Crippen LogP contribution in [0.1, 0.15) is 27.2 Å². The minimum Gasteiger partial charge on any atom is -0.347 e. The average Bonchev–Trinajstić information content (AvgIpc) is 3.19. The van der Waals surface area contributed by atoms with Gasteiger partial charge >= 0.3 is 0 Å². The molecule has 0 aliphatic carbocycles. The Balaban J connectivity index is 1.62. The highest BCUT2D eigenvalue weighted by molar-refractivity contribution is 9.11. The monoisotopic (exact) mass is 456 g/mol. The van der Waals surface area contributed by atoms with Gasteiger partial charge in [0.15, 0.2) is 0 Å². The molecule has 2 heterocycles. The number of nitrogens with zero attached hydrogens (tertiary/aromatic N) is 1. The van der Waals surface area contributed by atoms with Gasteiger partial charge in [0.1, 0.15) is 11.5 Å². The van der Waals surface area contributed by atoms with E-state index in [-0.39, 0.29) is 11.7 Å². The molecule has 2 aromatic carbocycles. The number of benzene rings is 2. The van der Waals surface area contributed by atoms with E-state index in [4.69, 9.17) is 0 Å². The average molecular weight is 457 g/mol. The lowest BCUT2D eigenvalue weighted by Gasteiger charge is -2.11. The Morgan fingerprint density at radius 2 is 1.89 bits per heavy atom. The second kappa shape index (κ2) is 7.89. The zero-order chi connectivity index (χ0) is 19.7. The molecule has 0 aliphatic rings. The van der Waals surface area contributed by atoms with Crippen LogP contribution in [-0.4, -0.2) is 10.5 Å². The molecule has 1 N–H and O–H groups in total. The zero-order valence-electron chi connectivity index (χ0n) is 15.2. The highest BCUT2D eigenvalue weighted by Gasteiger charge is 2.18. The summed E-state index contributed by atoms with van der Waals surface area (Å²) in [5.74, 6) is -0.390. The predicted molar refractivity (Wildman–Crippen MR) is 115 cm³/mol. The van der Waals surface area contributed by atoms with Crippen LogP contribution in [0.2, 0.25) is 0 Å². The molecule has 142 valence electrons. The highest BCUT2D eigenvalue weighted by atomic mass is 79.9. The summed E-state index contributed by atoms with van der Waals surface area (Å²) >= 11 is 5.11. The first-order chi connectivity index (χ1) is 13.5. The molecule has 1 amide bonds. The lowest BCUT2D eigenvalue weighted by molar-refractivity contribution is 0.0942. The quantitative estimate of drug-likeness (QED) is 0.398. The summed E-state index contributed by atoms with van der Waals surface area (Å²) in [5.41, 5.74) is 4.76. The van der Waals surface area contributed by atoms with E-state index in [0.717, 1.165) is 30.7 Å². The third-order valence-electron chi connectivity index (χ3n) is 4.58. The first-order valence-corrected chi connectivity index (χ1v) is 10.5. The van der Waals surface area contributed by atoms with Crippen molar-refractivity contribution in [3.8, 4) is 0 Å². The molecule has 6 heteroatoms. The maximum Gasteiger partial charge on any atom is 0.268 e. The number of aromatic nitrogens is 1. The van der Waals surface area contributed by atoms with E-state index < -0.39 is 0 Å². The summed E-state index contributed by atoms with van der Waals surface area (Å²) in [7, 11) is 0. The van der Waals surface area contributed by atoms with Crippen LogP contribution in [0.5, 0.6) is 0 Å². The van der Waals surface area contributed by atoms with Crippen LogP contribution in [0.25, 0.3) is 10.2 Å². The summed E-state index contributed by atoms with van der Waals surface area (Å²) in [4.78, 5) is 12.9. The number of hydrogen-bond acceptors (Lipinski definition) is 2. The van der Waals surface area contributed by atoms with E-state index in [1.807, 2.05) is 41.8 Å². The van der Waals surface area contributed by atoms with Crippen molar-refractivity contribution in [3.05, 3.63) is 92.7 Å². The largest absolute Gasteiger partial charge is 0.347 e. The number of fused-ring (bicyclic) bond motifs is 1. The van der Waals surface area contributed by atoms with E-state index >= 15 is 0 Å². The van der Waals surface area contributed by atoms with E-state index in [9.17, 15) is 9.18 Å². The SMILES string of the molecule is Cc1cccc(CNC(=O)c2cc3sc(Br)cc3n2Cc2ccc(F)cc2)c1. The van der Waals surface area contributed by atoms with Crippen molar-refractivity contribution >= 4 is 43.4 Å². The second-order valence-corrected chi connectivity index (χ2v) is 9.18. The molecule has 0 saturated carbocycles. The Morgan fingerprint density at radius 3 is 2.64 bits per heavy atom. The molecule has 0 fully saturated rings. The summed E-state index contributed by atoms with van der Waals surface area (Å²) in [5, 5.41) is 3.02. The van der Waals surface area contributed by atoms with Crippen LogP contribution in [0.3, 0.4) is 0 Å². The van der Waals surface area contributed by atoms with E-state index in [1.165, 1.54) is 12.1 Å². The van der Waals surface area contributed by atoms with Crippen molar-refractivity contribution in [2.45, 2.75) is 20.0 Å². The third-order valence-corrected chi connectivity index (χ3v) is 6.16. The van der Waals surface area contributed by atoms with Crippen molar-refractivity contribution in [3.63, 3.8) is 0 Å². The predicted octanol–water partition coefficient (Wildman–Crippen LogP) is 5.89. The van der Waals surface area contributed by atoms with Gasteiger partial charge in [-0.2, -0.15) is 0 Å². The number of aryl methyl sites for hydroxylation is 1. The number of hydrogen-bond donors (Lipinski definition) is 1. The molecule has 4 aromatic rings. The summed E-state index contributed by atoms with van der Waals surface area (Å²) in [6.45, 7) is 3.00. The van der Waals surface area contributed by atoms with Crippen molar-refractivity contribution in [1.82, 2.24) is 9.88 Å². The van der Waals surface area contributed by atoms with Crippen LogP contribution < -0.4 is 5.32 Å². The van der Waals surface area contributed by atoms with Crippen LogP contribution in [0.15, 0.2) is 64.5 Å². The summed E-state index contributed by atoms with van der Waals surface area (Å²) in [6.07, 6.45) is 0. The van der Waals surface area contributed by atoms with Crippen LogP contribution in [0.4, 0.5) is 4.39 Å². The minimum absolute atomic E-state index is 0.122. The van der Waals surface area contributed by atoms with Gasteiger partial charge < -0.3 is 9.88 Å². The number of halogens is 2. The Bertz CT molecular complexity index is 1150. The van der Waals surface area contributed by atoms with E-state index in [2.05, 4.69) is 27.3 Å². The van der Waals surface area contributed by atoms with Gasteiger partial charge in [-0.15, -0.1) is 11.3 Å². The Hall–Kier alpha value is -2.44. The van der Waals surface area contributed by atoms with Crippen LogP contribution in [0, 0.1) is 12.7 Å². The van der Waals surface area contributed by atoms with Gasteiger partial charge in [-0.25, -0.2) is 4.39 Å². The number of carbonyl (C=O) groups excluding carboxylic acids is 1. The molecule has 0 saturated heterocycles. The Morgan fingerprint density at radius 1 is 1.11 bits per heavy atom. The summed E-state index contributed by atoms with van der Waals surface area (Å²) < 4.78 is 17.3. The van der Waals surface area contributed by atoms with Gasteiger partial charge in [-0.3, -0.25) is 4.79 Å². The lowest BCUT2D eigenvalue weighted by Crippen LogP contribution is -2.25. The van der Waals surface area contributed by atoms with Crippen molar-refractivity contribution in [2.24, 2.45) is 0 Å². The number of carbonyl (C=O) groups is 1. The fourth-order valence-electron chi connectivity index (χ4n) is 3.24. The molecular formula is C22H18BrFN2OS. The standard InChI is InChI=1S/C22H18BrFN2OS/c1-14-3-2-4-16(9-14)12-25-22(27)19-10-20-18(11-21(23)28-20)26(19)13-15-5-7-17(24)8-6-15/h2-11H,12-13H2,1H3,(H,25,27). The maximum absolute atomic E-state index is 13.2. The van der Waals surface area contributed by atoms with Crippen molar-refractivity contribution in [1.29, 1.82) is 0 Å². The normalized spacial score (nSPS) is 11.1. The van der Waals surface area contributed by atoms with Gasteiger partial charge in [0.25, 0.3) is 5.91 Å². The number of rotatable bonds is 5. The molecule has 4 rings (SSSR count). The fourth-order valence-corrected chi connectivity index (χ4v) is 4.80. The van der Waals surface area contributed by atoms with Gasteiger partial charge in [0.2, 0.25) is 0 Å². The number of nitrogens with one attached hydrogen (secondary N) is 1. The maximum atomic E-state index is 13.2. The first-order valence-electron chi connectivity index (χ1n) is 8.86. The third kappa shape index (κ3) is 4.03. The Kier molecular flexibility index (Phi) is 5.33. The van der Waals surface area contributed by atoms with Gasteiger partial charge in [0.05, 0.1) is 14.0 Å². The molecule has 28 heavy (non-hydrogen) atoms. The first kappa shape index (κ1) is 18.9. The van der Waals surface area contributed by atoms with Gasteiger partial charge in [-0.1, -0.05) is 42.0 Å². The minimum atomic E-state index is -0.268. The van der Waals surface area contributed by atoms with Crippen LogP contribution >= 0.6 is 27.3 Å².